The van der Waals surface area contributed by atoms with Gasteiger partial charge in [0, 0.05) is 19.3 Å². The minimum Gasteiger partial charge on any atom is -0.399 e. The number of nitrogens with two attached hydrogens (primary N) is 1. The predicted molar refractivity (Wildman–Crippen MR) is 62.0 cm³/mol. The minimum atomic E-state index is -0.350. The fraction of sp³-hybridized carbons (Fsp3) is 0.455. The van der Waals surface area contributed by atoms with E-state index in [4.69, 9.17) is 15.2 Å². The monoisotopic (exact) mass is 228 g/mol. The number of rotatable bonds is 7. The maximum absolute atomic E-state index is 13.3. The molecule has 90 valence electrons. The Morgan fingerprint density at radius 3 is 2.81 bits per heavy atom. The van der Waals surface area contributed by atoms with Gasteiger partial charge in [-0.25, -0.2) is 4.39 Å². The molecule has 0 heterocycles. The first kappa shape index (κ1) is 12.7. The van der Waals surface area contributed by atoms with Crippen LogP contribution in [0.5, 0.6) is 0 Å². The molecule has 16 heavy (non-hydrogen) atoms. The molecule has 1 rings (SSSR count). The van der Waals surface area contributed by atoms with E-state index in [-0.39, 0.29) is 5.82 Å². The third-order valence-electron chi connectivity index (χ3n) is 1.99. The van der Waals surface area contributed by atoms with Crippen molar-refractivity contribution in [1.82, 2.24) is 0 Å². The summed E-state index contributed by atoms with van der Waals surface area (Å²) in [6.45, 7) is 2.16. The molecule has 0 atom stereocenters. The molecule has 0 spiro atoms. The van der Waals surface area contributed by atoms with Crippen molar-refractivity contribution >= 4 is 11.4 Å². The molecule has 0 aliphatic heterocycles. The van der Waals surface area contributed by atoms with Gasteiger partial charge in [-0.1, -0.05) is 0 Å². The average Bonchev–Trinajstić information content (AvgIpc) is 2.26. The van der Waals surface area contributed by atoms with Crippen LogP contribution in [0.25, 0.3) is 0 Å². The van der Waals surface area contributed by atoms with Gasteiger partial charge in [0.05, 0.1) is 25.5 Å². The van der Waals surface area contributed by atoms with Crippen LogP contribution in [-0.2, 0) is 9.47 Å². The quantitative estimate of drug-likeness (QED) is 0.548. The Hall–Kier alpha value is -1.33. The lowest BCUT2D eigenvalue weighted by Gasteiger charge is -2.08. The largest absolute Gasteiger partial charge is 0.399 e. The number of anilines is 2. The normalized spacial score (nSPS) is 10.4. The first-order valence-corrected chi connectivity index (χ1v) is 5.09. The summed E-state index contributed by atoms with van der Waals surface area (Å²) in [4.78, 5) is 0. The molecule has 0 saturated carbocycles. The number of hydrogen-bond acceptors (Lipinski definition) is 4. The van der Waals surface area contributed by atoms with E-state index in [1.54, 1.807) is 19.2 Å². The number of methoxy groups -OCH3 is 1. The molecule has 0 saturated heterocycles. The summed E-state index contributed by atoms with van der Waals surface area (Å²) in [5.74, 6) is -0.350. The highest BCUT2D eigenvalue weighted by atomic mass is 19.1. The molecular formula is C11H17FN2O2. The average molecular weight is 228 g/mol. The Morgan fingerprint density at radius 2 is 2.12 bits per heavy atom. The van der Waals surface area contributed by atoms with Crippen LogP contribution >= 0.6 is 0 Å². The lowest BCUT2D eigenvalue weighted by molar-refractivity contribution is 0.0759. The van der Waals surface area contributed by atoms with E-state index in [2.05, 4.69) is 5.32 Å². The highest BCUT2D eigenvalue weighted by Gasteiger charge is 2.00. The first-order valence-electron chi connectivity index (χ1n) is 5.09. The molecule has 0 bridgehead atoms. The van der Waals surface area contributed by atoms with Gasteiger partial charge in [-0.05, 0) is 18.2 Å². The molecule has 1 aromatic carbocycles. The van der Waals surface area contributed by atoms with Crippen molar-refractivity contribution in [3.63, 3.8) is 0 Å². The molecule has 5 heteroatoms. The van der Waals surface area contributed by atoms with Gasteiger partial charge in [0.2, 0.25) is 0 Å². The SMILES string of the molecule is COCCOCCNc1ccc(N)cc1F. The molecule has 1 aromatic rings. The van der Waals surface area contributed by atoms with Gasteiger partial charge in [-0.3, -0.25) is 0 Å². The molecule has 0 radical (unpaired) electrons. The van der Waals surface area contributed by atoms with E-state index in [1.165, 1.54) is 6.07 Å². The van der Waals surface area contributed by atoms with Gasteiger partial charge in [0.15, 0.2) is 0 Å². The highest BCUT2D eigenvalue weighted by Crippen LogP contribution is 2.16. The molecular weight excluding hydrogens is 211 g/mol. The van der Waals surface area contributed by atoms with Crippen LogP contribution in [0.2, 0.25) is 0 Å². The maximum atomic E-state index is 13.3. The summed E-state index contributed by atoms with van der Waals surface area (Å²) in [6.07, 6.45) is 0. The Balaban J connectivity index is 2.21. The van der Waals surface area contributed by atoms with Crippen molar-refractivity contribution in [3.05, 3.63) is 24.0 Å². The molecule has 3 N–H and O–H groups in total. The molecule has 0 aliphatic rings. The number of hydrogen-bond donors (Lipinski definition) is 2. The van der Waals surface area contributed by atoms with Gasteiger partial charge >= 0.3 is 0 Å². The summed E-state index contributed by atoms with van der Waals surface area (Å²) in [5, 5.41) is 2.92. The third kappa shape index (κ3) is 4.46. The van der Waals surface area contributed by atoms with E-state index < -0.39 is 0 Å². The van der Waals surface area contributed by atoms with Crippen molar-refractivity contribution in [3.8, 4) is 0 Å². The zero-order valence-corrected chi connectivity index (χ0v) is 9.33. The lowest BCUT2D eigenvalue weighted by Crippen LogP contribution is -2.12. The Bertz CT molecular complexity index is 321. The van der Waals surface area contributed by atoms with Crippen molar-refractivity contribution < 1.29 is 13.9 Å². The van der Waals surface area contributed by atoms with E-state index in [0.29, 0.717) is 37.7 Å². The van der Waals surface area contributed by atoms with Crippen molar-refractivity contribution in [2.75, 3.05) is 44.5 Å². The zero-order valence-electron chi connectivity index (χ0n) is 9.33. The summed E-state index contributed by atoms with van der Waals surface area (Å²) in [7, 11) is 1.62. The van der Waals surface area contributed by atoms with Crippen LogP contribution in [0, 0.1) is 5.82 Å². The maximum Gasteiger partial charge on any atom is 0.148 e. The second-order valence-corrected chi connectivity index (χ2v) is 3.27. The smallest absolute Gasteiger partial charge is 0.148 e. The standard InChI is InChI=1S/C11H17FN2O2/c1-15-6-7-16-5-4-14-11-3-2-9(13)8-10(11)12/h2-3,8,14H,4-7,13H2,1H3. The number of nitrogen functional groups attached to an aromatic ring is 1. The molecule has 0 aromatic heterocycles. The third-order valence-corrected chi connectivity index (χ3v) is 1.99. The fourth-order valence-corrected chi connectivity index (χ4v) is 1.18. The van der Waals surface area contributed by atoms with Crippen LogP contribution in [-0.4, -0.2) is 33.5 Å². The molecule has 0 fully saturated rings. The van der Waals surface area contributed by atoms with Gasteiger partial charge in [-0.15, -0.1) is 0 Å². The van der Waals surface area contributed by atoms with Crippen molar-refractivity contribution in [2.24, 2.45) is 0 Å². The van der Waals surface area contributed by atoms with Gasteiger partial charge in [0.1, 0.15) is 5.82 Å². The number of halogens is 1. The summed E-state index contributed by atoms with van der Waals surface area (Å²) >= 11 is 0. The van der Waals surface area contributed by atoms with Crippen LogP contribution in [0.3, 0.4) is 0 Å². The second kappa shape index (κ2) is 7.03. The topological polar surface area (TPSA) is 56.5 Å². The van der Waals surface area contributed by atoms with Gasteiger partial charge < -0.3 is 20.5 Å². The van der Waals surface area contributed by atoms with Crippen molar-refractivity contribution in [1.29, 1.82) is 0 Å². The van der Waals surface area contributed by atoms with E-state index in [0.717, 1.165) is 0 Å². The predicted octanol–water partition coefficient (Wildman–Crippen LogP) is 1.48. The van der Waals surface area contributed by atoms with E-state index in [9.17, 15) is 4.39 Å². The highest BCUT2D eigenvalue weighted by molar-refractivity contribution is 5.52. The number of nitrogens with one attached hydrogen (secondary N) is 1. The Morgan fingerprint density at radius 1 is 1.31 bits per heavy atom. The Labute approximate surface area is 94.5 Å². The second-order valence-electron chi connectivity index (χ2n) is 3.27. The molecule has 0 unspecified atom stereocenters. The Kier molecular flexibility index (Phi) is 5.60. The summed E-state index contributed by atoms with van der Waals surface area (Å²) in [6, 6.07) is 4.55. The van der Waals surface area contributed by atoms with Gasteiger partial charge in [0.25, 0.3) is 0 Å². The molecule has 0 aliphatic carbocycles. The van der Waals surface area contributed by atoms with Crippen LogP contribution in [0.15, 0.2) is 18.2 Å². The number of ether oxygens (including phenoxy) is 2. The first-order chi connectivity index (χ1) is 7.74. The van der Waals surface area contributed by atoms with Crippen LogP contribution < -0.4 is 11.1 Å². The minimum absolute atomic E-state index is 0.350. The van der Waals surface area contributed by atoms with Crippen molar-refractivity contribution in [2.45, 2.75) is 0 Å². The number of benzene rings is 1. The summed E-state index contributed by atoms with van der Waals surface area (Å²) in [5.41, 5.74) is 6.28. The summed E-state index contributed by atoms with van der Waals surface area (Å²) < 4.78 is 23.3. The van der Waals surface area contributed by atoms with E-state index in [1.807, 2.05) is 0 Å². The molecule has 0 amide bonds. The van der Waals surface area contributed by atoms with Crippen LogP contribution in [0.4, 0.5) is 15.8 Å². The molecule has 4 nitrogen and oxygen atoms in total. The zero-order chi connectivity index (χ0) is 11.8. The lowest BCUT2D eigenvalue weighted by atomic mass is 10.2. The van der Waals surface area contributed by atoms with Crippen LogP contribution in [0.1, 0.15) is 0 Å². The van der Waals surface area contributed by atoms with Gasteiger partial charge in [-0.2, -0.15) is 0 Å². The fourth-order valence-electron chi connectivity index (χ4n) is 1.18. The van der Waals surface area contributed by atoms with E-state index >= 15 is 0 Å².